The molecule has 0 amide bonds. The second-order valence-corrected chi connectivity index (χ2v) is 19.0. The van der Waals surface area contributed by atoms with Crippen molar-refractivity contribution in [3.63, 3.8) is 0 Å². The van der Waals surface area contributed by atoms with Crippen LogP contribution in [0.15, 0.2) is 170 Å². The topological polar surface area (TPSA) is 77.3 Å². The average molecular weight is 803 g/mol. The predicted octanol–water partition coefficient (Wildman–Crippen LogP) is 12.3. The Labute approximate surface area is 362 Å². The molecule has 300 valence electrons. The Bertz CT molecular complexity index is 2550. The summed E-state index contributed by atoms with van der Waals surface area (Å²) in [6.07, 6.45) is 8.03. The van der Waals surface area contributed by atoms with Gasteiger partial charge in [0, 0.05) is 33.4 Å². The lowest BCUT2D eigenvalue weighted by atomic mass is 9.29. The van der Waals surface area contributed by atoms with Gasteiger partial charge in [-0.25, -0.2) is 29.9 Å². The first kappa shape index (κ1) is 36.0. The van der Waals surface area contributed by atoms with Crippen molar-refractivity contribution in [2.24, 2.45) is 35.5 Å². The van der Waals surface area contributed by atoms with Crippen LogP contribution in [0.3, 0.4) is 0 Å². The van der Waals surface area contributed by atoms with Crippen LogP contribution < -0.4 is 0 Å². The normalized spacial score (nSPS) is 27.4. The van der Waals surface area contributed by atoms with Gasteiger partial charge in [0.25, 0.3) is 0 Å². The molecule has 6 nitrogen and oxygen atoms in total. The Morgan fingerprint density at radius 2 is 0.435 bits per heavy atom. The molecule has 0 atom stereocenters. The molecule has 7 fully saturated rings. The van der Waals surface area contributed by atoms with Crippen molar-refractivity contribution in [3.05, 3.63) is 181 Å². The molecule has 6 aromatic carbocycles. The smallest absolute Gasteiger partial charge is 0.164 e. The average Bonchev–Trinajstić information content (AvgIpc) is 3.36. The molecule has 0 radical (unpaired) electrons. The highest BCUT2D eigenvalue weighted by molar-refractivity contribution is 5.68. The molecule has 0 spiro atoms. The van der Waals surface area contributed by atoms with E-state index in [4.69, 9.17) is 29.9 Å². The van der Waals surface area contributed by atoms with Gasteiger partial charge >= 0.3 is 0 Å². The van der Waals surface area contributed by atoms with E-state index in [1.165, 1.54) is 49.7 Å². The molecule has 0 aliphatic heterocycles. The second-order valence-electron chi connectivity index (χ2n) is 19.0. The Morgan fingerprint density at radius 3 is 0.645 bits per heavy atom. The van der Waals surface area contributed by atoms with E-state index in [1.54, 1.807) is 0 Å². The van der Waals surface area contributed by atoms with Crippen molar-refractivity contribution in [2.75, 3.05) is 0 Å². The molecule has 0 unspecified atom stereocenters. The van der Waals surface area contributed by atoms with Gasteiger partial charge in [0.15, 0.2) is 34.9 Å². The molecule has 62 heavy (non-hydrogen) atoms. The molecule has 6 heteroatoms. The van der Waals surface area contributed by atoms with Gasteiger partial charge in [-0.3, -0.25) is 0 Å². The first-order chi connectivity index (χ1) is 30.6. The fourth-order valence-electron chi connectivity index (χ4n) is 13.5. The fourth-order valence-corrected chi connectivity index (χ4v) is 13.5. The minimum absolute atomic E-state index is 0.284. The predicted molar refractivity (Wildman–Crippen MR) is 244 cm³/mol. The maximum absolute atomic E-state index is 5.03. The van der Waals surface area contributed by atoms with E-state index in [9.17, 15) is 0 Å². The maximum Gasteiger partial charge on any atom is 0.164 e. The van der Waals surface area contributed by atoms with Crippen molar-refractivity contribution >= 4 is 0 Å². The van der Waals surface area contributed by atoms with Gasteiger partial charge in [-0.15, -0.1) is 0 Å². The van der Waals surface area contributed by atoms with Crippen LogP contribution in [0.2, 0.25) is 0 Å². The summed E-state index contributed by atoms with van der Waals surface area (Å²) in [6, 6.07) is 59.9. The molecule has 2 heterocycles. The summed E-state index contributed by atoms with van der Waals surface area (Å²) in [5.74, 6) is 9.27. The van der Waals surface area contributed by atoms with E-state index in [0.717, 1.165) is 80.5 Å². The number of rotatable bonds is 8. The van der Waals surface area contributed by atoms with Crippen LogP contribution in [-0.4, -0.2) is 29.9 Å². The number of benzene rings is 6. The molecule has 2 aromatic heterocycles. The van der Waals surface area contributed by atoms with Crippen LogP contribution in [0.1, 0.15) is 49.7 Å². The second kappa shape index (κ2) is 13.9. The molecule has 0 saturated heterocycles. The number of hydrogen-bond donors (Lipinski definition) is 0. The molecule has 7 saturated carbocycles. The van der Waals surface area contributed by atoms with Gasteiger partial charge < -0.3 is 0 Å². The third-order valence-corrected chi connectivity index (χ3v) is 16.0. The SMILES string of the molecule is c1ccc(-c2nc(-c3ccccc3)nc(-c3ccc(C45CC6C7CC8(c9ccc(-c%10nc(-c%11ccccc%11)nc(-c%11ccccc%11)n%10)cc9)CC6C(C4)C(C8)C7C5)cc3)n2)cc1. The summed E-state index contributed by atoms with van der Waals surface area (Å²) < 4.78 is 0. The van der Waals surface area contributed by atoms with Gasteiger partial charge in [0.05, 0.1) is 0 Å². The molecular formula is C56H46N6. The van der Waals surface area contributed by atoms with Crippen molar-refractivity contribution in [1.29, 1.82) is 0 Å². The van der Waals surface area contributed by atoms with Gasteiger partial charge in [-0.05, 0) is 96.0 Å². The van der Waals surface area contributed by atoms with Crippen LogP contribution >= 0.6 is 0 Å². The number of hydrogen-bond acceptors (Lipinski definition) is 6. The zero-order valence-corrected chi connectivity index (χ0v) is 34.6. The van der Waals surface area contributed by atoms with Crippen LogP contribution in [0.5, 0.6) is 0 Å². The summed E-state index contributed by atoms with van der Waals surface area (Å²) in [5, 5.41) is 0. The molecular weight excluding hydrogens is 757 g/mol. The zero-order chi connectivity index (χ0) is 40.8. The highest BCUT2D eigenvalue weighted by atomic mass is 15.0. The van der Waals surface area contributed by atoms with E-state index < -0.39 is 0 Å². The Balaban J connectivity index is 0.770. The quantitative estimate of drug-likeness (QED) is 0.152. The highest BCUT2D eigenvalue weighted by Crippen LogP contribution is 2.77. The van der Waals surface area contributed by atoms with Crippen LogP contribution in [0.4, 0.5) is 0 Å². The number of nitrogens with zero attached hydrogens (tertiary/aromatic N) is 6. The minimum atomic E-state index is 0.284. The van der Waals surface area contributed by atoms with Crippen LogP contribution in [-0.2, 0) is 10.8 Å². The Kier molecular flexibility index (Phi) is 8.10. The Morgan fingerprint density at radius 1 is 0.242 bits per heavy atom. The van der Waals surface area contributed by atoms with Gasteiger partial charge in [0.1, 0.15) is 0 Å². The van der Waals surface area contributed by atoms with Gasteiger partial charge in [0.2, 0.25) is 0 Å². The third-order valence-electron chi connectivity index (χ3n) is 16.0. The van der Waals surface area contributed by atoms with Gasteiger partial charge in [-0.1, -0.05) is 170 Å². The van der Waals surface area contributed by atoms with Crippen LogP contribution in [0, 0.1) is 35.5 Å². The van der Waals surface area contributed by atoms with E-state index >= 15 is 0 Å². The minimum Gasteiger partial charge on any atom is -0.208 e. The summed E-state index contributed by atoms with van der Waals surface area (Å²) in [6.45, 7) is 0. The van der Waals surface area contributed by atoms with E-state index in [1.807, 2.05) is 72.8 Å². The summed E-state index contributed by atoms with van der Waals surface area (Å²) in [4.78, 5) is 29.9. The zero-order valence-electron chi connectivity index (χ0n) is 34.6. The molecule has 15 rings (SSSR count). The number of aromatic nitrogens is 6. The standard InChI is InChI=1S/C56H46N6/c1-5-13-35(14-6-1)49-57-50(36-15-7-2-8-16-36)60-53(59-49)39-21-25-41(26-22-39)55-29-43-46-32-56(33-47(43)45(31-55)48(34-56)44(46)30-55)42-27-23-40(24-28-42)54-61-51(37-17-9-3-10-18-37)58-52(62-54)38-19-11-4-12-20-38/h1-28,43-48H,29-34H2. The first-order valence-corrected chi connectivity index (χ1v) is 22.5. The van der Waals surface area contributed by atoms with Crippen LogP contribution in [0.25, 0.3) is 68.3 Å². The van der Waals surface area contributed by atoms with E-state index in [0.29, 0.717) is 23.3 Å². The van der Waals surface area contributed by atoms with Crippen molar-refractivity contribution < 1.29 is 0 Å². The lowest BCUT2D eigenvalue weighted by molar-refractivity contribution is -0.221. The first-order valence-electron chi connectivity index (χ1n) is 22.5. The molecule has 8 aromatic rings. The van der Waals surface area contributed by atoms with Crippen molar-refractivity contribution in [1.82, 2.24) is 29.9 Å². The maximum atomic E-state index is 5.03. The van der Waals surface area contributed by atoms with Gasteiger partial charge in [-0.2, -0.15) is 0 Å². The summed E-state index contributed by atoms with van der Waals surface area (Å²) in [7, 11) is 0. The molecule has 8 bridgehead atoms. The highest BCUT2D eigenvalue weighted by Gasteiger charge is 2.70. The third kappa shape index (κ3) is 5.76. The monoisotopic (exact) mass is 802 g/mol. The lowest BCUT2D eigenvalue weighted by Crippen LogP contribution is -2.69. The molecule has 7 aliphatic carbocycles. The Hall–Kier alpha value is -6.66. The largest absolute Gasteiger partial charge is 0.208 e. The van der Waals surface area contributed by atoms with E-state index in [2.05, 4.69) is 97.1 Å². The van der Waals surface area contributed by atoms with E-state index in [-0.39, 0.29) is 10.8 Å². The molecule has 0 N–H and O–H groups in total. The summed E-state index contributed by atoms with van der Waals surface area (Å²) >= 11 is 0. The molecule has 7 aliphatic rings. The lowest BCUT2D eigenvalue weighted by Gasteiger charge is -2.75. The fraction of sp³-hybridized carbons (Fsp3) is 0.250. The van der Waals surface area contributed by atoms with Crippen molar-refractivity contribution in [2.45, 2.75) is 49.4 Å². The summed E-state index contributed by atoms with van der Waals surface area (Å²) in [5.41, 5.74) is 9.71. The van der Waals surface area contributed by atoms with Crippen molar-refractivity contribution in [3.8, 4) is 68.3 Å².